The number of hydrogen-bond acceptors (Lipinski definition) is 2. The van der Waals surface area contributed by atoms with E-state index in [1.165, 1.54) is 5.57 Å². The molecule has 0 amide bonds. The molecule has 0 radical (unpaired) electrons. The van der Waals surface area contributed by atoms with Gasteiger partial charge in [0, 0.05) is 25.6 Å². The first-order valence-corrected chi connectivity index (χ1v) is 4.35. The van der Waals surface area contributed by atoms with Crippen molar-refractivity contribution in [2.75, 3.05) is 7.05 Å². The summed E-state index contributed by atoms with van der Waals surface area (Å²) >= 11 is 0. The second-order valence-corrected chi connectivity index (χ2v) is 3.32. The second kappa shape index (κ2) is 3.09. The maximum atomic E-state index is 4.24. The first-order valence-electron chi connectivity index (χ1n) is 4.35. The van der Waals surface area contributed by atoms with E-state index in [2.05, 4.69) is 47.2 Å². The fraction of sp³-hybridized carbons (Fsp3) is 0.300. The predicted octanol–water partition coefficient (Wildman–Crippen LogP) is 1.86. The first kappa shape index (κ1) is 8.10. The van der Waals surface area contributed by atoms with Gasteiger partial charge in [-0.3, -0.25) is 0 Å². The lowest BCUT2D eigenvalue weighted by atomic mass is 10.1. The zero-order chi connectivity index (χ0) is 9.26. The summed E-state index contributed by atoms with van der Waals surface area (Å²) < 4.78 is 0. The van der Waals surface area contributed by atoms with Crippen LogP contribution in [0, 0.1) is 0 Å². The van der Waals surface area contributed by atoms with Crippen LogP contribution in [0.25, 0.3) is 0 Å². The van der Waals surface area contributed by atoms with Crippen LogP contribution in [0.5, 0.6) is 0 Å². The molecule has 0 saturated carbocycles. The molecule has 0 bridgehead atoms. The highest BCUT2D eigenvalue weighted by Gasteiger charge is 2.15. The number of rotatable bonds is 1. The van der Waals surface area contributed by atoms with Crippen LogP contribution in [0.15, 0.2) is 36.3 Å². The van der Waals surface area contributed by atoms with E-state index in [9.17, 15) is 0 Å². The molecule has 0 spiro atoms. The van der Waals surface area contributed by atoms with Crippen LogP contribution in [0.2, 0.25) is 0 Å². The minimum absolute atomic E-state index is 0.249. The van der Waals surface area contributed by atoms with E-state index in [1.807, 2.05) is 6.20 Å². The van der Waals surface area contributed by atoms with Gasteiger partial charge >= 0.3 is 0 Å². The average molecular weight is 175 g/mol. The van der Waals surface area contributed by atoms with Crippen LogP contribution in [-0.4, -0.2) is 21.9 Å². The Kier molecular flexibility index (Phi) is 1.93. The summed E-state index contributed by atoms with van der Waals surface area (Å²) in [5.41, 5.74) is 1.27. The highest BCUT2D eigenvalue weighted by Crippen LogP contribution is 2.22. The molecule has 3 heteroatoms. The summed E-state index contributed by atoms with van der Waals surface area (Å²) in [4.78, 5) is 9.50. The van der Waals surface area contributed by atoms with Crippen molar-refractivity contribution in [1.29, 1.82) is 0 Å². The number of nitrogens with one attached hydrogen (secondary N) is 1. The number of aromatic amines is 1. The van der Waals surface area contributed by atoms with Crippen molar-refractivity contribution in [3.63, 3.8) is 0 Å². The third-order valence-electron chi connectivity index (χ3n) is 2.19. The van der Waals surface area contributed by atoms with Gasteiger partial charge in [0.25, 0.3) is 0 Å². The van der Waals surface area contributed by atoms with Crippen molar-refractivity contribution in [3.05, 3.63) is 42.1 Å². The summed E-state index contributed by atoms with van der Waals surface area (Å²) in [6, 6.07) is 0.249. The summed E-state index contributed by atoms with van der Waals surface area (Å²) in [6.07, 6.45) is 10.0. The maximum absolute atomic E-state index is 4.24. The minimum Gasteiger partial charge on any atom is -0.367 e. The molecule has 2 rings (SSSR count). The molecule has 1 aliphatic heterocycles. The Balaban J connectivity index is 2.24. The summed E-state index contributed by atoms with van der Waals surface area (Å²) in [5.74, 6) is 0.988. The van der Waals surface area contributed by atoms with Crippen molar-refractivity contribution in [2.24, 2.45) is 0 Å². The number of nitrogens with zero attached hydrogens (tertiary/aromatic N) is 2. The van der Waals surface area contributed by atoms with Crippen LogP contribution in [0.4, 0.5) is 0 Å². The Labute approximate surface area is 77.8 Å². The minimum atomic E-state index is 0.249. The average Bonchev–Trinajstić information content (AvgIpc) is 2.56. The molecule has 1 aromatic rings. The fourth-order valence-corrected chi connectivity index (χ4v) is 1.55. The smallest absolute Gasteiger partial charge is 0.132 e. The lowest BCUT2D eigenvalue weighted by Crippen LogP contribution is -2.20. The van der Waals surface area contributed by atoms with Gasteiger partial charge in [0.15, 0.2) is 0 Å². The van der Waals surface area contributed by atoms with Gasteiger partial charge in [-0.15, -0.1) is 0 Å². The van der Waals surface area contributed by atoms with Gasteiger partial charge in [0.1, 0.15) is 11.9 Å². The van der Waals surface area contributed by atoms with Gasteiger partial charge in [-0.2, -0.15) is 0 Å². The molecule has 1 aromatic heterocycles. The topological polar surface area (TPSA) is 31.9 Å². The van der Waals surface area contributed by atoms with Crippen molar-refractivity contribution < 1.29 is 0 Å². The molecule has 1 unspecified atom stereocenters. The van der Waals surface area contributed by atoms with E-state index in [0.717, 1.165) is 5.82 Å². The Bertz CT molecular complexity index is 335. The third kappa shape index (κ3) is 1.49. The number of imidazole rings is 1. The maximum Gasteiger partial charge on any atom is 0.132 e. The zero-order valence-corrected chi connectivity index (χ0v) is 7.86. The third-order valence-corrected chi connectivity index (χ3v) is 2.19. The molecular formula is C10H13N3. The van der Waals surface area contributed by atoms with Crippen LogP contribution < -0.4 is 0 Å². The quantitative estimate of drug-likeness (QED) is 0.706. The number of aromatic nitrogens is 2. The van der Waals surface area contributed by atoms with Gasteiger partial charge in [0.2, 0.25) is 0 Å². The van der Waals surface area contributed by atoms with Crippen molar-refractivity contribution in [3.8, 4) is 0 Å². The number of hydrogen-bond donors (Lipinski definition) is 1. The Morgan fingerprint density at radius 2 is 2.38 bits per heavy atom. The van der Waals surface area contributed by atoms with E-state index < -0.39 is 0 Å². The summed E-state index contributed by atoms with van der Waals surface area (Å²) in [7, 11) is 2.06. The van der Waals surface area contributed by atoms with E-state index in [1.54, 1.807) is 6.20 Å². The molecule has 1 atom stereocenters. The summed E-state index contributed by atoms with van der Waals surface area (Å²) in [6.45, 7) is 2.09. The number of H-pyrrole nitrogens is 1. The number of allylic oxidation sites excluding steroid dienone is 2. The van der Waals surface area contributed by atoms with Crippen molar-refractivity contribution >= 4 is 0 Å². The molecule has 0 aliphatic carbocycles. The molecule has 1 N–H and O–H groups in total. The van der Waals surface area contributed by atoms with Crippen molar-refractivity contribution in [1.82, 2.24) is 14.9 Å². The highest BCUT2D eigenvalue weighted by atomic mass is 15.1. The van der Waals surface area contributed by atoms with E-state index in [0.29, 0.717) is 0 Å². The molecule has 0 aromatic carbocycles. The Morgan fingerprint density at radius 3 is 3.00 bits per heavy atom. The van der Waals surface area contributed by atoms with Gasteiger partial charge in [-0.1, -0.05) is 12.2 Å². The molecule has 0 fully saturated rings. The van der Waals surface area contributed by atoms with Crippen LogP contribution >= 0.6 is 0 Å². The van der Waals surface area contributed by atoms with Gasteiger partial charge in [-0.25, -0.2) is 4.98 Å². The molecule has 13 heavy (non-hydrogen) atoms. The van der Waals surface area contributed by atoms with Crippen molar-refractivity contribution in [2.45, 2.75) is 13.0 Å². The fourth-order valence-electron chi connectivity index (χ4n) is 1.55. The molecule has 3 nitrogen and oxygen atoms in total. The first-order chi connectivity index (χ1) is 6.27. The number of likely N-dealkylation sites (N-methyl/N-ethyl adjacent to an activating group) is 1. The van der Waals surface area contributed by atoms with Crippen LogP contribution in [0.1, 0.15) is 18.8 Å². The van der Waals surface area contributed by atoms with E-state index in [-0.39, 0.29) is 6.04 Å². The largest absolute Gasteiger partial charge is 0.367 e. The monoisotopic (exact) mass is 175 g/mol. The molecular weight excluding hydrogens is 162 g/mol. The van der Waals surface area contributed by atoms with Gasteiger partial charge < -0.3 is 9.88 Å². The predicted molar refractivity (Wildman–Crippen MR) is 52.0 cm³/mol. The van der Waals surface area contributed by atoms with Crippen LogP contribution in [-0.2, 0) is 0 Å². The van der Waals surface area contributed by atoms with E-state index >= 15 is 0 Å². The Hall–Kier alpha value is -1.51. The standard InChI is InChI=1S/C10H13N3/c1-8-3-4-9(13(2)7-8)10-11-5-6-12-10/h3-7,9H,1-2H3,(H,11,12). The van der Waals surface area contributed by atoms with Crippen LogP contribution in [0.3, 0.4) is 0 Å². The van der Waals surface area contributed by atoms with E-state index in [4.69, 9.17) is 0 Å². The van der Waals surface area contributed by atoms with Gasteiger partial charge in [-0.05, 0) is 12.5 Å². The molecule has 1 aliphatic rings. The highest BCUT2D eigenvalue weighted by molar-refractivity contribution is 5.24. The normalized spacial score (nSPS) is 21.8. The lowest BCUT2D eigenvalue weighted by molar-refractivity contribution is 0.374. The second-order valence-electron chi connectivity index (χ2n) is 3.32. The molecule has 2 heterocycles. The molecule has 0 saturated heterocycles. The summed E-state index contributed by atoms with van der Waals surface area (Å²) in [5, 5.41) is 0. The van der Waals surface area contributed by atoms with Gasteiger partial charge in [0.05, 0.1) is 0 Å². The lowest BCUT2D eigenvalue weighted by Gasteiger charge is -2.25. The zero-order valence-electron chi connectivity index (χ0n) is 7.86. The SMILES string of the molecule is CC1=CN(C)C(c2ncc[nH]2)C=C1. The molecule has 68 valence electrons. The Morgan fingerprint density at radius 1 is 1.54 bits per heavy atom.